The van der Waals surface area contributed by atoms with Crippen LogP contribution in [-0.2, 0) is 11.2 Å². The van der Waals surface area contributed by atoms with Crippen molar-refractivity contribution in [1.29, 1.82) is 0 Å². The van der Waals surface area contributed by atoms with E-state index in [2.05, 4.69) is 6.58 Å². The number of ether oxygens (including phenoxy) is 1. The maximum absolute atomic E-state index is 10.9. The molecule has 0 aliphatic heterocycles. The number of aromatic carboxylic acids is 1. The molecule has 0 aliphatic carbocycles. The maximum Gasteiger partial charge on any atom is 0.335 e. The highest BCUT2D eigenvalue weighted by atomic mass is 16.5. The Bertz CT molecular complexity index is 423. The lowest BCUT2D eigenvalue weighted by atomic mass is 10.0. The van der Waals surface area contributed by atoms with E-state index in [1.807, 2.05) is 6.92 Å². The lowest BCUT2D eigenvalue weighted by Crippen LogP contribution is -2.06. The molecule has 4 nitrogen and oxygen atoms in total. The molecule has 0 bridgehead atoms. The Kier molecular flexibility index (Phi) is 4.72. The molecule has 0 atom stereocenters. The van der Waals surface area contributed by atoms with Gasteiger partial charge in [0.2, 0.25) is 0 Å². The number of rotatable bonds is 6. The molecule has 1 aromatic rings. The van der Waals surface area contributed by atoms with Crippen LogP contribution in [0, 0.1) is 0 Å². The SMILES string of the molecule is C=C(C)COCCc1cc(O)ccc1C(=O)O. The van der Waals surface area contributed by atoms with Gasteiger partial charge in [0.1, 0.15) is 5.75 Å². The van der Waals surface area contributed by atoms with E-state index in [0.717, 1.165) is 5.57 Å². The van der Waals surface area contributed by atoms with Gasteiger partial charge in [-0.15, -0.1) is 0 Å². The van der Waals surface area contributed by atoms with Gasteiger partial charge in [0.15, 0.2) is 0 Å². The molecule has 1 rings (SSSR count). The number of phenols is 1. The summed E-state index contributed by atoms with van der Waals surface area (Å²) < 4.78 is 5.30. The van der Waals surface area contributed by atoms with Crippen molar-refractivity contribution in [3.8, 4) is 5.75 Å². The second-order valence-corrected chi connectivity index (χ2v) is 3.91. The van der Waals surface area contributed by atoms with E-state index in [4.69, 9.17) is 9.84 Å². The van der Waals surface area contributed by atoms with E-state index >= 15 is 0 Å². The van der Waals surface area contributed by atoms with Crippen LogP contribution in [0.5, 0.6) is 5.75 Å². The molecule has 17 heavy (non-hydrogen) atoms. The fourth-order valence-electron chi connectivity index (χ4n) is 1.42. The van der Waals surface area contributed by atoms with Gasteiger partial charge in [0.25, 0.3) is 0 Å². The standard InChI is InChI=1S/C13H16O4/c1-9(2)8-17-6-5-10-7-11(14)3-4-12(10)13(15)16/h3-4,7,14H,1,5-6,8H2,2H3,(H,15,16). The highest BCUT2D eigenvalue weighted by molar-refractivity contribution is 5.89. The quantitative estimate of drug-likeness (QED) is 0.587. The van der Waals surface area contributed by atoms with Gasteiger partial charge in [0.05, 0.1) is 18.8 Å². The van der Waals surface area contributed by atoms with Gasteiger partial charge in [-0.25, -0.2) is 4.79 Å². The zero-order valence-corrected chi connectivity index (χ0v) is 9.77. The number of carboxylic acids is 1. The monoisotopic (exact) mass is 236 g/mol. The Labute approximate surface area is 100 Å². The minimum atomic E-state index is -1.00. The smallest absolute Gasteiger partial charge is 0.335 e. The highest BCUT2D eigenvalue weighted by Crippen LogP contribution is 2.17. The first-order valence-electron chi connectivity index (χ1n) is 5.28. The zero-order valence-electron chi connectivity index (χ0n) is 9.77. The Morgan fingerprint density at radius 2 is 2.18 bits per heavy atom. The van der Waals surface area contributed by atoms with Gasteiger partial charge in [-0.3, -0.25) is 0 Å². The molecule has 1 aromatic carbocycles. The molecule has 4 heteroatoms. The number of hydrogen-bond donors (Lipinski definition) is 2. The zero-order chi connectivity index (χ0) is 12.8. The molecular formula is C13H16O4. The molecule has 0 heterocycles. The molecule has 0 saturated heterocycles. The largest absolute Gasteiger partial charge is 0.508 e. The molecule has 92 valence electrons. The van der Waals surface area contributed by atoms with Gasteiger partial charge >= 0.3 is 5.97 Å². The molecule has 0 unspecified atom stereocenters. The second kappa shape index (κ2) is 6.06. The van der Waals surface area contributed by atoms with Crippen LogP contribution in [-0.4, -0.2) is 29.4 Å². The molecule has 0 aliphatic rings. The Morgan fingerprint density at radius 1 is 1.47 bits per heavy atom. The molecule has 0 amide bonds. The molecule has 0 fully saturated rings. The van der Waals surface area contributed by atoms with Crippen LogP contribution in [0.15, 0.2) is 30.4 Å². The Balaban J connectivity index is 2.65. The third-order valence-electron chi connectivity index (χ3n) is 2.18. The summed E-state index contributed by atoms with van der Waals surface area (Å²) in [5.41, 5.74) is 1.68. The van der Waals surface area contributed by atoms with Crippen molar-refractivity contribution in [3.63, 3.8) is 0 Å². The number of benzene rings is 1. The highest BCUT2D eigenvalue weighted by Gasteiger charge is 2.10. The van der Waals surface area contributed by atoms with E-state index < -0.39 is 5.97 Å². The number of phenolic OH excluding ortho intramolecular Hbond substituents is 1. The lowest BCUT2D eigenvalue weighted by Gasteiger charge is -2.07. The summed E-state index contributed by atoms with van der Waals surface area (Å²) in [6.45, 7) is 6.42. The Morgan fingerprint density at radius 3 is 2.76 bits per heavy atom. The minimum Gasteiger partial charge on any atom is -0.508 e. The first kappa shape index (κ1) is 13.3. The lowest BCUT2D eigenvalue weighted by molar-refractivity contribution is 0.0695. The summed E-state index contributed by atoms with van der Waals surface area (Å²) in [7, 11) is 0. The van der Waals surface area contributed by atoms with Crippen LogP contribution < -0.4 is 0 Å². The van der Waals surface area contributed by atoms with Crippen molar-refractivity contribution < 1.29 is 19.7 Å². The van der Waals surface area contributed by atoms with E-state index in [9.17, 15) is 9.90 Å². The first-order valence-corrected chi connectivity index (χ1v) is 5.28. The molecule has 2 N–H and O–H groups in total. The number of aromatic hydroxyl groups is 1. The van der Waals surface area contributed by atoms with Crippen LogP contribution >= 0.6 is 0 Å². The van der Waals surface area contributed by atoms with Crippen LogP contribution in [0.25, 0.3) is 0 Å². The van der Waals surface area contributed by atoms with Gasteiger partial charge in [-0.05, 0) is 37.1 Å². The maximum atomic E-state index is 10.9. The first-order chi connectivity index (χ1) is 8.00. The molecule has 0 radical (unpaired) electrons. The summed E-state index contributed by atoms with van der Waals surface area (Å²) in [5, 5.41) is 18.3. The summed E-state index contributed by atoms with van der Waals surface area (Å²) in [6.07, 6.45) is 0.448. The fourth-order valence-corrected chi connectivity index (χ4v) is 1.42. The molecular weight excluding hydrogens is 220 g/mol. The fraction of sp³-hybridized carbons (Fsp3) is 0.308. The van der Waals surface area contributed by atoms with Gasteiger partial charge in [-0.1, -0.05) is 12.2 Å². The number of hydrogen-bond acceptors (Lipinski definition) is 3. The van der Waals surface area contributed by atoms with Crippen LogP contribution in [0.4, 0.5) is 0 Å². The van der Waals surface area contributed by atoms with Crippen molar-refractivity contribution in [3.05, 3.63) is 41.5 Å². The van der Waals surface area contributed by atoms with Crippen molar-refractivity contribution in [1.82, 2.24) is 0 Å². The average Bonchev–Trinajstić information content (AvgIpc) is 2.23. The third kappa shape index (κ3) is 4.28. The summed E-state index contributed by atoms with van der Waals surface area (Å²) in [5.74, 6) is -0.940. The van der Waals surface area contributed by atoms with Gasteiger partial charge < -0.3 is 14.9 Å². The average molecular weight is 236 g/mol. The summed E-state index contributed by atoms with van der Waals surface area (Å²) in [4.78, 5) is 10.9. The van der Waals surface area contributed by atoms with E-state index in [-0.39, 0.29) is 11.3 Å². The van der Waals surface area contributed by atoms with E-state index in [1.165, 1.54) is 18.2 Å². The van der Waals surface area contributed by atoms with Gasteiger partial charge in [-0.2, -0.15) is 0 Å². The van der Waals surface area contributed by atoms with Crippen molar-refractivity contribution in [2.45, 2.75) is 13.3 Å². The summed E-state index contributed by atoms with van der Waals surface area (Å²) >= 11 is 0. The normalized spacial score (nSPS) is 10.2. The van der Waals surface area contributed by atoms with Crippen LogP contribution in [0.3, 0.4) is 0 Å². The van der Waals surface area contributed by atoms with Gasteiger partial charge in [0, 0.05) is 0 Å². The molecule has 0 aromatic heterocycles. The van der Waals surface area contributed by atoms with E-state index in [0.29, 0.717) is 25.2 Å². The van der Waals surface area contributed by atoms with Crippen LogP contribution in [0.2, 0.25) is 0 Å². The minimum absolute atomic E-state index is 0.0601. The molecule has 0 spiro atoms. The van der Waals surface area contributed by atoms with Crippen molar-refractivity contribution >= 4 is 5.97 Å². The second-order valence-electron chi connectivity index (χ2n) is 3.91. The topological polar surface area (TPSA) is 66.8 Å². The number of carbonyl (C=O) groups is 1. The van der Waals surface area contributed by atoms with Crippen molar-refractivity contribution in [2.75, 3.05) is 13.2 Å². The van der Waals surface area contributed by atoms with Crippen LogP contribution in [0.1, 0.15) is 22.8 Å². The van der Waals surface area contributed by atoms with Crippen molar-refractivity contribution in [2.24, 2.45) is 0 Å². The predicted octanol–water partition coefficient (Wildman–Crippen LogP) is 2.23. The number of carboxylic acid groups (broad SMARTS) is 1. The van der Waals surface area contributed by atoms with E-state index in [1.54, 1.807) is 0 Å². The Hall–Kier alpha value is -1.81. The third-order valence-corrected chi connectivity index (χ3v) is 2.18. The predicted molar refractivity (Wildman–Crippen MR) is 64.4 cm³/mol. The summed E-state index contributed by atoms with van der Waals surface area (Å²) in [6, 6.07) is 4.21. The molecule has 0 saturated carbocycles.